The van der Waals surface area contributed by atoms with E-state index in [1.54, 1.807) is 43.3 Å². The molecule has 0 radical (unpaired) electrons. The van der Waals surface area contributed by atoms with E-state index in [1.807, 2.05) is 6.07 Å². The Morgan fingerprint density at radius 3 is 2.09 bits per heavy atom. The molecule has 2 aromatic rings. The Kier molecular flexibility index (Phi) is 24.1. The van der Waals surface area contributed by atoms with Crippen molar-refractivity contribution >= 4 is 41.4 Å². The summed E-state index contributed by atoms with van der Waals surface area (Å²) >= 11 is 0. The van der Waals surface area contributed by atoms with Crippen molar-refractivity contribution in [3.05, 3.63) is 47.5 Å². The minimum absolute atomic E-state index is 0.0102. The molecule has 5 atom stereocenters. The van der Waals surface area contributed by atoms with Crippen LogP contribution < -0.4 is 58.6 Å². The van der Waals surface area contributed by atoms with Gasteiger partial charge < -0.3 is 63.5 Å². The van der Waals surface area contributed by atoms with Crippen LogP contribution in [0.1, 0.15) is 102 Å². The zero-order valence-electron chi connectivity index (χ0n) is 39.4. The van der Waals surface area contributed by atoms with Gasteiger partial charge >= 0.3 is 0 Å². The van der Waals surface area contributed by atoms with Crippen molar-refractivity contribution in [2.45, 2.75) is 122 Å². The molecule has 0 spiro atoms. The van der Waals surface area contributed by atoms with Crippen LogP contribution in [0.2, 0.25) is 0 Å². The summed E-state index contributed by atoms with van der Waals surface area (Å²) in [5.41, 5.74) is 19.3. The predicted molar refractivity (Wildman–Crippen MR) is 252 cm³/mol. The third-order valence-electron chi connectivity index (χ3n) is 11.1. The van der Waals surface area contributed by atoms with Gasteiger partial charge in [-0.1, -0.05) is 57.6 Å². The van der Waals surface area contributed by atoms with Gasteiger partial charge in [0.05, 0.1) is 6.07 Å². The molecular formula is C47H71N11O9. The van der Waals surface area contributed by atoms with Gasteiger partial charge in [-0.2, -0.15) is 5.26 Å². The van der Waals surface area contributed by atoms with Gasteiger partial charge in [0.2, 0.25) is 41.4 Å². The summed E-state index contributed by atoms with van der Waals surface area (Å²) in [5, 5.41) is 25.0. The maximum absolute atomic E-state index is 14.5. The van der Waals surface area contributed by atoms with E-state index in [-0.39, 0.29) is 71.1 Å². The second-order valence-corrected chi connectivity index (χ2v) is 16.5. The van der Waals surface area contributed by atoms with Crippen LogP contribution in [-0.2, 0) is 40.0 Å². The van der Waals surface area contributed by atoms with Crippen LogP contribution in [0.15, 0.2) is 36.4 Å². The molecule has 1 aliphatic heterocycles. The number of benzene rings is 2. The number of fused-ring (bicyclic) bond motifs is 5. The number of nitrogens with zero attached hydrogens (tertiary/aromatic N) is 2. The zero-order valence-corrected chi connectivity index (χ0v) is 39.4. The Morgan fingerprint density at radius 2 is 1.45 bits per heavy atom. The molecule has 0 aromatic heterocycles. The van der Waals surface area contributed by atoms with Crippen LogP contribution in [0.4, 0.5) is 0 Å². The molecule has 0 aliphatic carbocycles. The molecule has 4 bridgehead atoms. The van der Waals surface area contributed by atoms with Crippen molar-refractivity contribution in [1.82, 2.24) is 36.8 Å². The number of nitrogens with two attached hydrogens (primary N) is 3. The Labute approximate surface area is 393 Å². The summed E-state index contributed by atoms with van der Waals surface area (Å²) < 4.78 is 12.1. The molecule has 7 amide bonds. The lowest BCUT2D eigenvalue weighted by atomic mass is 9.93. The monoisotopic (exact) mass is 934 g/mol. The highest BCUT2D eigenvalue weighted by atomic mass is 16.5. The van der Waals surface area contributed by atoms with Gasteiger partial charge in [-0.3, -0.25) is 33.6 Å². The number of unbranched alkanes of at least 4 members (excludes halogenated alkanes) is 6. The number of rotatable bonds is 26. The largest absolute Gasteiger partial charge is 0.492 e. The van der Waals surface area contributed by atoms with Gasteiger partial charge in [0.25, 0.3) is 0 Å². The number of ether oxygens (including phenoxy) is 2. The number of likely N-dealkylation sites (N-methyl/N-ethyl adjacent to an activating group) is 1. The predicted octanol–water partition coefficient (Wildman–Crippen LogP) is 0.699. The number of carbonyl (C=O) groups excluding carboxylic acids is 7. The third-order valence-corrected chi connectivity index (χ3v) is 11.1. The number of carbonyl (C=O) groups is 7. The van der Waals surface area contributed by atoms with Crippen molar-refractivity contribution in [3.63, 3.8) is 0 Å². The minimum atomic E-state index is -1.42. The van der Waals surface area contributed by atoms with Crippen molar-refractivity contribution in [3.8, 4) is 28.7 Å². The Bertz CT molecular complexity index is 2030. The maximum atomic E-state index is 14.5. The smallest absolute Gasteiger partial charge is 0.248 e. The van der Waals surface area contributed by atoms with E-state index < -0.39 is 65.7 Å². The van der Waals surface area contributed by atoms with Crippen LogP contribution in [0, 0.1) is 11.3 Å². The molecule has 2 aromatic carbocycles. The molecule has 3 rings (SSSR count). The number of nitrogens with one attached hydrogen (secondary N) is 6. The fourth-order valence-corrected chi connectivity index (χ4v) is 7.47. The SMILES string of the molecule is CCCCCCCCCC(=O)N[C@@H](C)C(=O)NCCC(=O)N[C@@H](CCN)C(=O)N(C)[C@@H]1C(=O)N[C@@H](C)C(=O)N[C@H](C(=O)NCC#N)Cc2ccc(OCCN)c(c2)-c2cc1ccc2OCCN. The highest BCUT2D eigenvalue weighted by molar-refractivity contribution is 5.96. The molecule has 20 heteroatoms. The van der Waals surface area contributed by atoms with Gasteiger partial charge in [-0.15, -0.1) is 0 Å². The van der Waals surface area contributed by atoms with E-state index in [4.69, 9.17) is 31.9 Å². The summed E-state index contributed by atoms with van der Waals surface area (Å²) in [4.78, 5) is 95.5. The number of nitriles is 1. The van der Waals surface area contributed by atoms with Gasteiger partial charge in [0, 0.05) is 57.1 Å². The van der Waals surface area contributed by atoms with Gasteiger partial charge in [0.15, 0.2) is 0 Å². The molecule has 1 aliphatic rings. The fourth-order valence-electron chi connectivity index (χ4n) is 7.47. The van der Waals surface area contributed by atoms with Crippen molar-refractivity contribution in [2.75, 3.05) is 53.0 Å². The molecule has 20 nitrogen and oxygen atoms in total. The second-order valence-electron chi connectivity index (χ2n) is 16.5. The first-order valence-electron chi connectivity index (χ1n) is 23.2. The first-order chi connectivity index (χ1) is 32.2. The number of hydrogen-bond donors (Lipinski definition) is 9. The summed E-state index contributed by atoms with van der Waals surface area (Å²) in [5.74, 6) is -3.37. The molecule has 12 N–H and O–H groups in total. The zero-order chi connectivity index (χ0) is 49.3. The summed E-state index contributed by atoms with van der Waals surface area (Å²) in [6.45, 7) is 5.33. The average molecular weight is 934 g/mol. The number of amides is 7. The molecule has 0 saturated carbocycles. The van der Waals surface area contributed by atoms with E-state index >= 15 is 0 Å². The van der Waals surface area contributed by atoms with Crippen LogP contribution >= 0.6 is 0 Å². The topological polar surface area (TPSA) is 315 Å². The average Bonchev–Trinajstić information content (AvgIpc) is 3.30. The maximum Gasteiger partial charge on any atom is 0.248 e. The van der Waals surface area contributed by atoms with Gasteiger partial charge in [-0.05, 0) is 68.6 Å². The lowest BCUT2D eigenvalue weighted by Crippen LogP contribution is -2.56. The highest BCUT2D eigenvalue weighted by Crippen LogP contribution is 2.40. The Morgan fingerprint density at radius 1 is 0.821 bits per heavy atom. The second kappa shape index (κ2) is 29.4. The van der Waals surface area contributed by atoms with E-state index in [0.717, 1.165) is 30.6 Å². The molecule has 0 fully saturated rings. The van der Waals surface area contributed by atoms with Gasteiger partial charge in [-0.25, -0.2) is 0 Å². The summed E-state index contributed by atoms with van der Waals surface area (Å²) in [6, 6.07) is 6.02. The van der Waals surface area contributed by atoms with Crippen molar-refractivity contribution < 1.29 is 43.0 Å². The fraction of sp³-hybridized carbons (Fsp3) is 0.574. The highest BCUT2D eigenvalue weighted by Gasteiger charge is 2.36. The first-order valence-corrected chi connectivity index (χ1v) is 23.2. The summed E-state index contributed by atoms with van der Waals surface area (Å²) in [7, 11) is 1.38. The van der Waals surface area contributed by atoms with E-state index in [1.165, 1.54) is 33.2 Å². The lowest BCUT2D eigenvalue weighted by molar-refractivity contribution is -0.143. The minimum Gasteiger partial charge on any atom is -0.492 e. The quantitative estimate of drug-likeness (QED) is 0.0464. The molecule has 67 heavy (non-hydrogen) atoms. The van der Waals surface area contributed by atoms with Gasteiger partial charge in [0.1, 0.15) is 61.5 Å². The molecule has 1 heterocycles. The van der Waals surface area contributed by atoms with Crippen LogP contribution in [-0.4, -0.2) is 123 Å². The van der Waals surface area contributed by atoms with Crippen molar-refractivity contribution in [1.29, 1.82) is 5.26 Å². The Balaban J connectivity index is 1.91. The molecule has 0 saturated heterocycles. The molecule has 0 unspecified atom stereocenters. The molecular weight excluding hydrogens is 863 g/mol. The van der Waals surface area contributed by atoms with Crippen LogP contribution in [0.3, 0.4) is 0 Å². The normalized spacial score (nSPS) is 16.7. The van der Waals surface area contributed by atoms with Crippen LogP contribution in [0.5, 0.6) is 11.5 Å². The lowest BCUT2D eigenvalue weighted by Gasteiger charge is -2.32. The Hall–Kier alpha value is -6.30. The molecule has 368 valence electrons. The first kappa shape index (κ1) is 55.0. The number of hydrogen-bond acceptors (Lipinski definition) is 13. The standard InChI is InChI=1S/C47H71N11O9/c1-5-6-7-8-9-10-11-12-40(59)54-30(2)43(61)52-23-18-41(60)56-36(17-19-48)47(65)58(4)42-33-14-16-39(67-26-22-51)35(29-33)34-27-32(13-15-38(34)66-25-21-50)28-37(45(63)53-24-20-49)57-44(62)31(3)55-46(42)64/h13-16,27,29-31,36-37,42H,5-12,17-19,21-26,28,48,50-51H2,1-4H3,(H,52,61)(H,53,63)(H,54,59)(H,55,64)(H,56,60)(H,57,62)/t30-,31-,36-,37-,42-/m0/s1. The van der Waals surface area contributed by atoms with E-state index in [2.05, 4.69) is 38.8 Å². The van der Waals surface area contributed by atoms with E-state index in [9.17, 15) is 33.6 Å². The third kappa shape index (κ3) is 17.8. The van der Waals surface area contributed by atoms with Crippen LogP contribution in [0.25, 0.3) is 11.1 Å². The van der Waals surface area contributed by atoms with Crippen molar-refractivity contribution in [2.24, 2.45) is 17.2 Å². The van der Waals surface area contributed by atoms with E-state index in [0.29, 0.717) is 40.2 Å². The summed E-state index contributed by atoms with van der Waals surface area (Å²) in [6.07, 6.45) is 7.51.